The van der Waals surface area contributed by atoms with Crippen molar-refractivity contribution in [3.8, 4) is 0 Å². The zero-order valence-electron chi connectivity index (χ0n) is 10.7. The summed E-state index contributed by atoms with van der Waals surface area (Å²) in [7, 11) is 0. The molecule has 0 amide bonds. The van der Waals surface area contributed by atoms with Gasteiger partial charge >= 0.3 is 0 Å². The van der Waals surface area contributed by atoms with E-state index < -0.39 is 0 Å². The summed E-state index contributed by atoms with van der Waals surface area (Å²) >= 11 is 3.79. The average molecular weight is 257 g/mol. The largest absolute Gasteiger partial charge is 0.309 e. The molecule has 1 rings (SSSR count). The first-order valence-corrected chi connectivity index (χ1v) is 8.18. The predicted octanol–water partition coefficient (Wildman–Crippen LogP) is 4.03. The summed E-state index contributed by atoms with van der Waals surface area (Å²) in [6.07, 6.45) is 2.18. The smallest absolute Gasteiger partial charge is 0.0438 e. The third kappa shape index (κ3) is 4.48. The van der Waals surface area contributed by atoms with Gasteiger partial charge in [-0.25, -0.2) is 0 Å². The number of thiophene rings is 1. The molecule has 0 fully saturated rings. The van der Waals surface area contributed by atoms with Crippen LogP contribution in [0, 0.1) is 11.8 Å². The molecular weight excluding hydrogens is 234 g/mol. The maximum Gasteiger partial charge on any atom is 0.0438 e. The Balaban J connectivity index is 2.47. The third-order valence-corrected chi connectivity index (χ3v) is 4.51. The van der Waals surface area contributed by atoms with Crippen LogP contribution in [0.25, 0.3) is 0 Å². The minimum absolute atomic E-state index is 0.518. The number of hydrogen-bond acceptors (Lipinski definition) is 3. The van der Waals surface area contributed by atoms with E-state index in [0.29, 0.717) is 12.0 Å². The Labute approximate surface area is 108 Å². The summed E-state index contributed by atoms with van der Waals surface area (Å²) in [6, 6.07) is 4.90. The first-order valence-electron chi connectivity index (χ1n) is 5.90. The Morgan fingerprint density at radius 2 is 2.12 bits per heavy atom. The molecule has 0 aliphatic rings. The average Bonchev–Trinajstić information content (AvgIpc) is 2.71. The van der Waals surface area contributed by atoms with Crippen molar-refractivity contribution in [1.82, 2.24) is 5.32 Å². The molecule has 1 nitrogen and oxygen atoms in total. The quantitative estimate of drug-likeness (QED) is 0.791. The van der Waals surface area contributed by atoms with E-state index in [0.717, 1.165) is 12.5 Å². The molecule has 1 heterocycles. The summed E-state index contributed by atoms with van der Waals surface area (Å²) in [5, 5.41) is 5.87. The molecule has 1 aromatic heterocycles. The standard InChI is InChI=1S/C13H23NS2/c1-10(2)13(12-6-5-7-16-12)14-8-11(3)9-15-4/h5-7,10-11,13-14H,8-9H2,1-4H3. The second-order valence-corrected chi connectivity index (χ2v) is 6.60. The zero-order chi connectivity index (χ0) is 12.0. The highest BCUT2D eigenvalue weighted by Crippen LogP contribution is 2.25. The van der Waals surface area contributed by atoms with Crippen molar-refractivity contribution >= 4 is 23.1 Å². The molecule has 0 aromatic carbocycles. The molecular formula is C13H23NS2. The molecule has 1 N–H and O–H groups in total. The first-order chi connectivity index (χ1) is 7.65. The molecule has 1 aromatic rings. The molecule has 2 atom stereocenters. The second-order valence-electron chi connectivity index (χ2n) is 4.71. The van der Waals surface area contributed by atoms with Gasteiger partial charge in [0.25, 0.3) is 0 Å². The third-order valence-electron chi connectivity index (χ3n) is 2.65. The van der Waals surface area contributed by atoms with E-state index in [9.17, 15) is 0 Å². The fraction of sp³-hybridized carbons (Fsp3) is 0.692. The van der Waals surface area contributed by atoms with Gasteiger partial charge in [0, 0.05) is 10.9 Å². The molecule has 16 heavy (non-hydrogen) atoms. The van der Waals surface area contributed by atoms with Crippen LogP contribution in [0.5, 0.6) is 0 Å². The summed E-state index contributed by atoms with van der Waals surface area (Å²) < 4.78 is 0. The Kier molecular flexibility index (Phi) is 6.47. The van der Waals surface area contributed by atoms with Gasteiger partial charge in [0.1, 0.15) is 0 Å². The second kappa shape index (κ2) is 7.36. The first kappa shape index (κ1) is 14.1. The number of nitrogens with one attached hydrogen (secondary N) is 1. The van der Waals surface area contributed by atoms with Crippen LogP contribution >= 0.6 is 23.1 Å². The molecule has 3 heteroatoms. The minimum Gasteiger partial charge on any atom is -0.309 e. The van der Waals surface area contributed by atoms with E-state index in [-0.39, 0.29) is 0 Å². The van der Waals surface area contributed by atoms with Gasteiger partial charge in [-0.05, 0) is 41.8 Å². The molecule has 0 saturated carbocycles. The summed E-state index contributed by atoms with van der Waals surface area (Å²) in [4.78, 5) is 1.46. The Morgan fingerprint density at radius 3 is 2.62 bits per heavy atom. The van der Waals surface area contributed by atoms with Gasteiger partial charge in [-0.3, -0.25) is 0 Å². The van der Waals surface area contributed by atoms with Gasteiger partial charge in [0.15, 0.2) is 0 Å². The van der Waals surface area contributed by atoms with Gasteiger partial charge in [-0.15, -0.1) is 11.3 Å². The van der Waals surface area contributed by atoms with E-state index >= 15 is 0 Å². The van der Waals surface area contributed by atoms with Gasteiger partial charge in [0.2, 0.25) is 0 Å². The van der Waals surface area contributed by atoms with E-state index in [1.54, 1.807) is 0 Å². The van der Waals surface area contributed by atoms with Gasteiger partial charge in [-0.2, -0.15) is 11.8 Å². The molecule has 0 spiro atoms. The van der Waals surface area contributed by atoms with Crippen LogP contribution < -0.4 is 5.32 Å². The Bertz CT molecular complexity index is 269. The van der Waals surface area contributed by atoms with Crippen molar-refractivity contribution in [2.45, 2.75) is 26.8 Å². The van der Waals surface area contributed by atoms with Gasteiger partial charge in [0.05, 0.1) is 0 Å². The zero-order valence-corrected chi connectivity index (χ0v) is 12.3. The molecule has 92 valence electrons. The lowest BCUT2D eigenvalue weighted by Crippen LogP contribution is -2.29. The van der Waals surface area contributed by atoms with E-state index in [2.05, 4.69) is 49.9 Å². The lowest BCUT2D eigenvalue weighted by Gasteiger charge is -2.23. The topological polar surface area (TPSA) is 12.0 Å². The fourth-order valence-electron chi connectivity index (χ4n) is 1.80. The van der Waals surface area contributed by atoms with Crippen molar-refractivity contribution in [3.63, 3.8) is 0 Å². The molecule has 0 radical (unpaired) electrons. The number of thioether (sulfide) groups is 1. The Morgan fingerprint density at radius 1 is 1.38 bits per heavy atom. The predicted molar refractivity (Wildman–Crippen MR) is 77.4 cm³/mol. The highest BCUT2D eigenvalue weighted by Gasteiger charge is 2.16. The van der Waals surface area contributed by atoms with Crippen molar-refractivity contribution < 1.29 is 0 Å². The fourth-order valence-corrected chi connectivity index (χ4v) is 3.47. The van der Waals surface area contributed by atoms with Crippen LogP contribution in [0.3, 0.4) is 0 Å². The lowest BCUT2D eigenvalue weighted by atomic mass is 10.0. The molecule has 0 aliphatic carbocycles. The highest BCUT2D eigenvalue weighted by molar-refractivity contribution is 7.98. The SMILES string of the molecule is CSCC(C)CNC(c1cccs1)C(C)C. The molecule has 0 saturated heterocycles. The molecule has 0 aliphatic heterocycles. The summed E-state index contributed by atoms with van der Waals surface area (Å²) in [5.74, 6) is 2.64. The summed E-state index contributed by atoms with van der Waals surface area (Å²) in [6.45, 7) is 8.00. The Hall–Kier alpha value is 0.01000. The van der Waals surface area contributed by atoms with Crippen LogP contribution in [-0.4, -0.2) is 18.6 Å². The van der Waals surface area contributed by atoms with E-state index in [1.807, 2.05) is 23.1 Å². The number of rotatable bonds is 7. The van der Waals surface area contributed by atoms with Crippen LogP contribution in [0.2, 0.25) is 0 Å². The summed E-state index contributed by atoms with van der Waals surface area (Å²) in [5.41, 5.74) is 0. The number of hydrogen-bond donors (Lipinski definition) is 1. The van der Waals surface area contributed by atoms with Gasteiger partial charge in [-0.1, -0.05) is 26.8 Å². The minimum atomic E-state index is 0.518. The van der Waals surface area contributed by atoms with E-state index in [4.69, 9.17) is 0 Å². The van der Waals surface area contributed by atoms with Crippen LogP contribution in [0.1, 0.15) is 31.7 Å². The van der Waals surface area contributed by atoms with Gasteiger partial charge < -0.3 is 5.32 Å². The normalized spacial score (nSPS) is 15.3. The van der Waals surface area contributed by atoms with Crippen LogP contribution in [0.15, 0.2) is 17.5 Å². The molecule has 0 bridgehead atoms. The van der Waals surface area contributed by atoms with Crippen molar-refractivity contribution in [2.75, 3.05) is 18.6 Å². The van der Waals surface area contributed by atoms with Crippen molar-refractivity contribution in [1.29, 1.82) is 0 Å². The van der Waals surface area contributed by atoms with Crippen molar-refractivity contribution in [2.24, 2.45) is 11.8 Å². The van der Waals surface area contributed by atoms with Crippen LogP contribution in [-0.2, 0) is 0 Å². The van der Waals surface area contributed by atoms with Crippen LogP contribution in [0.4, 0.5) is 0 Å². The maximum absolute atomic E-state index is 3.70. The monoisotopic (exact) mass is 257 g/mol. The molecule has 2 unspecified atom stereocenters. The lowest BCUT2D eigenvalue weighted by molar-refractivity contribution is 0.394. The maximum atomic E-state index is 3.70. The van der Waals surface area contributed by atoms with Crippen molar-refractivity contribution in [3.05, 3.63) is 22.4 Å². The highest BCUT2D eigenvalue weighted by atomic mass is 32.2. The van der Waals surface area contributed by atoms with E-state index in [1.165, 1.54) is 10.6 Å².